The minimum absolute atomic E-state index is 0.0486. The van der Waals surface area contributed by atoms with Crippen molar-refractivity contribution in [3.63, 3.8) is 0 Å². The van der Waals surface area contributed by atoms with Gasteiger partial charge in [0.05, 0.1) is 24.1 Å². The molecule has 1 saturated carbocycles. The van der Waals surface area contributed by atoms with E-state index in [4.69, 9.17) is 4.52 Å². The molecule has 9 nitrogen and oxygen atoms in total. The first-order valence-electron chi connectivity index (χ1n) is 9.47. The summed E-state index contributed by atoms with van der Waals surface area (Å²) in [5, 5.41) is 19.4. The average molecular weight is 417 g/mol. The molecular formula is C18H32N4O5S. The number of nitrogens with zero attached hydrogens (tertiary/aromatic N) is 1. The Hall–Kier alpha value is -1.49. The summed E-state index contributed by atoms with van der Waals surface area (Å²) in [6.07, 6.45) is 4.18. The van der Waals surface area contributed by atoms with Crippen LogP contribution < -0.4 is 15.4 Å². The van der Waals surface area contributed by atoms with E-state index in [-0.39, 0.29) is 30.5 Å². The van der Waals surface area contributed by atoms with Crippen LogP contribution in [0.3, 0.4) is 0 Å². The summed E-state index contributed by atoms with van der Waals surface area (Å²) < 4.78 is 30.5. The zero-order valence-corrected chi connectivity index (χ0v) is 18.0. The molecule has 1 amide bonds. The molecule has 0 unspecified atom stereocenters. The summed E-state index contributed by atoms with van der Waals surface area (Å²) in [4.78, 5) is 12.7. The second kappa shape index (κ2) is 8.48. The van der Waals surface area contributed by atoms with Gasteiger partial charge in [0.2, 0.25) is 21.8 Å². The number of nitrogens with one attached hydrogen (secondary N) is 3. The number of amides is 1. The second-order valence-corrected chi connectivity index (χ2v) is 10.6. The minimum atomic E-state index is -3.20. The number of aromatic nitrogens is 1. The van der Waals surface area contributed by atoms with Crippen LogP contribution in [0.1, 0.15) is 59.1 Å². The van der Waals surface area contributed by atoms with Crippen molar-refractivity contribution in [2.24, 2.45) is 0 Å². The van der Waals surface area contributed by atoms with Gasteiger partial charge in [-0.3, -0.25) is 10.1 Å². The normalized spacial score (nSPS) is 21.5. The molecule has 160 valence electrons. The van der Waals surface area contributed by atoms with Gasteiger partial charge in [-0.05, 0) is 39.5 Å². The van der Waals surface area contributed by atoms with Crippen molar-refractivity contribution in [1.82, 2.24) is 15.2 Å². The molecule has 0 bridgehead atoms. The molecule has 28 heavy (non-hydrogen) atoms. The Kier molecular flexibility index (Phi) is 6.90. The van der Waals surface area contributed by atoms with Gasteiger partial charge >= 0.3 is 0 Å². The quantitative estimate of drug-likeness (QED) is 0.499. The molecule has 0 aromatic carbocycles. The lowest BCUT2D eigenvalue weighted by Crippen LogP contribution is -2.55. The summed E-state index contributed by atoms with van der Waals surface area (Å²) >= 11 is 0. The van der Waals surface area contributed by atoms with Crippen LogP contribution in [0.15, 0.2) is 10.6 Å². The Bertz CT molecular complexity index is 780. The molecule has 1 aliphatic rings. The monoisotopic (exact) mass is 416 g/mol. The average Bonchev–Trinajstić information content (AvgIpc) is 3.04. The predicted octanol–water partition coefficient (Wildman–Crippen LogP) is 1.11. The number of aliphatic hydroxyl groups excluding tert-OH is 1. The standard InChI is InChI=1S/C18H32N4O5S/c1-17(2,11-23)14-10-15(27-21-14)19-16(24)18(3,4)20-12-6-8-13(9-7-12)22-28(5,25)26/h10,12-13,20,22-23H,6-9,11H2,1-5H3,(H,19,24)/t12-,13+. The first-order chi connectivity index (χ1) is 12.8. The Morgan fingerprint density at radius 2 is 1.79 bits per heavy atom. The van der Waals surface area contributed by atoms with Gasteiger partial charge in [0.1, 0.15) is 0 Å². The fourth-order valence-corrected chi connectivity index (χ4v) is 4.08. The number of carbonyl (C=O) groups excluding carboxylic acids is 1. The van der Waals surface area contributed by atoms with E-state index in [0.717, 1.165) is 25.7 Å². The third-order valence-corrected chi connectivity index (χ3v) is 5.84. The van der Waals surface area contributed by atoms with Crippen LogP contribution in [0.2, 0.25) is 0 Å². The number of sulfonamides is 1. The fraction of sp³-hybridized carbons (Fsp3) is 0.778. The molecule has 0 saturated heterocycles. The molecule has 0 atom stereocenters. The number of carbonyl (C=O) groups is 1. The third kappa shape index (κ3) is 6.26. The second-order valence-electron chi connectivity index (χ2n) is 8.78. The van der Waals surface area contributed by atoms with Crippen LogP contribution in [0.25, 0.3) is 0 Å². The molecule has 1 aromatic rings. The molecular weight excluding hydrogens is 384 g/mol. The number of hydrogen-bond acceptors (Lipinski definition) is 7. The largest absolute Gasteiger partial charge is 0.395 e. The summed E-state index contributed by atoms with van der Waals surface area (Å²) in [5.74, 6) is -0.0224. The highest BCUT2D eigenvalue weighted by Gasteiger charge is 2.33. The lowest BCUT2D eigenvalue weighted by atomic mass is 9.89. The Morgan fingerprint density at radius 1 is 1.21 bits per heavy atom. The number of anilines is 1. The highest BCUT2D eigenvalue weighted by molar-refractivity contribution is 7.88. The van der Waals surface area contributed by atoms with Crippen molar-refractivity contribution in [1.29, 1.82) is 0 Å². The highest BCUT2D eigenvalue weighted by atomic mass is 32.2. The Labute approximate surface area is 166 Å². The van der Waals surface area contributed by atoms with Crippen LogP contribution >= 0.6 is 0 Å². The summed E-state index contributed by atoms with van der Waals surface area (Å²) in [6, 6.07) is 1.69. The zero-order chi connectivity index (χ0) is 21.2. The van der Waals surface area contributed by atoms with E-state index in [0.29, 0.717) is 5.69 Å². The van der Waals surface area contributed by atoms with Gasteiger partial charge in [0.15, 0.2) is 0 Å². The van der Waals surface area contributed by atoms with Crippen molar-refractivity contribution < 1.29 is 22.8 Å². The van der Waals surface area contributed by atoms with E-state index in [1.165, 1.54) is 6.26 Å². The van der Waals surface area contributed by atoms with E-state index >= 15 is 0 Å². The maximum Gasteiger partial charge on any atom is 0.246 e. The molecule has 1 heterocycles. The van der Waals surface area contributed by atoms with Crippen molar-refractivity contribution >= 4 is 21.8 Å². The smallest absolute Gasteiger partial charge is 0.246 e. The van der Waals surface area contributed by atoms with E-state index < -0.39 is 21.0 Å². The molecule has 4 N–H and O–H groups in total. The van der Waals surface area contributed by atoms with E-state index in [1.54, 1.807) is 19.9 Å². The first kappa shape index (κ1) is 22.8. The SMILES string of the molecule is CC(C)(N[C@H]1CC[C@@H](NS(C)(=O)=O)CC1)C(=O)Nc1cc(C(C)(C)CO)no1. The molecule has 0 radical (unpaired) electrons. The Balaban J connectivity index is 1.90. The van der Waals surface area contributed by atoms with Crippen LogP contribution in [0.5, 0.6) is 0 Å². The zero-order valence-electron chi connectivity index (χ0n) is 17.2. The van der Waals surface area contributed by atoms with Gasteiger partial charge in [0.25, 0.3) is 0 Å². The molecule has 1 aromatic heterocycles. The maximum atomic E-state index is 12.7. The van der Waals surface area contributed by atoms with Gasteiger partial charge in [-0.2, -0.15) is 0 Å². The molecule has 1 fully saturated rings. The lowest BCUT2D eigenvalue weighted by Gasteiger charge is -2.35. The number of hydrogen-bond donors (Lipinski definition) is 4. The van der Waals surface area contributed by atoms with Crippen molar-refractivity contribution in [2.75, 3.05) is 18.2 Å². The number of aliphatic hydroxyl groups is 1. The van der Waals surface area contributed by atoms with Crippen molar-refractivity contribution in [3.8, 4) is 0 Å². The van der Waals surface area contributed by atoms with Gasteiger partial charge in [-0.1, -0.05) is 19.0 Å². The molecule has 1 aliphatic carbocycles. The predicted molar refractivity (Wildman–Crippen MR) is 106 cm³/mol. The first-order valence-corrected chi connectivity index (χ1v) is 11.4. The maximum absolute atomic E-state index is 12.7. The molecule has 2 rings (SSSR count). The minimum Gasteiger partial charge on any atom is -0.395 e. The molecule has 0 spiro atoms. The topological polar surface area (TPSA) is 134 Å². The number of rotatable bonds is 8. The van der Waals surface area contributed by atoms with E-state index in [1.807, 2.05) is 13.8 Å². The van der Waals surface area contributed by atoms with E-state index in [2.05, 4.69) is 20.5 Å². The van der Waals surface area contributed by atoms with Crippen LogP contribution in [0, 0.1) is 0 Å². The summed E-state index contributed by atoms with van der Waals surface area (Å²) in [5.41, 5.74) is -0.840. The van der Waals surface area contributed by atoms with Crippen molar-refractivity contribution in [3.05, 3.63) is 11.8 Å². The van der Waals surface area contributed by atoms with E-state index in [9.17, 15) is 18.3 Å². The van der Waals surface area contributed by atoms with Crippen LogP contribution in [-0.2, 0) is 20.2 Å². The summed E-state index contributed by atoms with van der Waals surface area (Å²) in [6.45, 7) is 7.15. The van der Waals surface area contributed by atoms with Crippen LogP contribution in [0.4, 0.5) is 5.88 Å². The fourth-order valence-electron chi connectivity index (χ4n) is 3.24. The van der Waals surface area contributed by atoms with Gasteiger partial charge in [0, 0.05) is 23.6 Å². The Morgan fingerprint density at radius 3 is 2.32 bits per heavy atom. The third-order valence-electron chi connectivity index (χ3n) is 5.08. The molecule has 0 aliphatic heterocycles. The lowest BCUT2D eigenvalue weighted by molar-refractivity contribution is -0.121. The summed E-state index contributed by atoms with van der Waals surface area (Å²) in [7, 11) is -3.20. The van der Waals surface area contributed by atoms with Crippen molar-refractivity contribution in [2.45, 2.75) is 76.4 Å². The van der Waals surface area contributed by atoms with Gasteiger partial charge in [-0.25, -0.2) is 13.1 Å². The van der Waals surface area contributed by atoms with Crippen LogP contribution in [-0.4, -0.2) is 55.1 Å². The van der Waals surface area contributed by atoms with Gasteiger partial charge in [-0.15, -0.1) is 0 Å². The highest BCUT2D eigenvalue weighted by Crippen LogP contribution is 2.25. The van der Waals surface area contributed by atoms with Gasteiger partial charge < -0.3 is 14.9 Å². The molecule has 10 heteroatoms.